The lowest BCUT2D eigenvalue weighted by Gasteiger charge is -2.18. The number of aromatic nitrogens is 2. The molecule has 3 nitrogen and oxygen atoms in total. The van der Waals surface area contributed by atoms with Gasteiger partial charge in [-0.2, -0.15) is 0 Å². The van der Waals surface area contributed by atoms with Gasteiger partial charge in [-0.25, -0.2) is 9.97 Å². The molecule has 18 heavy (non-hydrogen) atoms. The summed E-state index contributed by atoms with van der Waals surface area (Å²) in [5.41, 5.74) is 4.40. The minimum atomic E-state index is 0.422. The number of halogens is 1. The van der Waals surface area contributed by atoms with Crippen molar-refractivity contribution < 1.29 is 0 Å². The maximum absolute atomic E-state index is 5.87. The number of hydrogen-bond donors (Lipinski definition) is 0. The van der Waals surface area contributed by atoms with Gasteiger partial charge in [0, 0.05) is 17.9 Å². The number of nitrogens with zero attached hydrogens (tertiary/aromatic N) is 3. The highest BCUT2D eigenvalue weighted by Gasteiger charge is 2.22. The van der Waals surface area contributed by atoms with Crippen molar-refractivity contribution in [2.24, 2.45) is 0 Å². The molecule has 0 N–H and O–H groups in total. The third-order valence-corrected chi connectivity index (χ3v) is 3.43. The molecule has 0 fully saturated rings. The predicted octanol–water partition coefficient (Wildman–Crippen LogP) is 3.22. The van der Waals surface area contributed by atoms with Crippen LogP contribution in [-0.2, 0) is 12.3 Å². The fraction of sp³-hybridized carbons (Fsp3) is 0.286. The zero-order valence-electron chi connectivity index (χ0n) is 10.2. The maximum atomic E-state index is 5.87. The lowest BCUT2D eigenvalue weighted by Crippen LogP contribution is -2.17. The molecule has 1 aliphatic rings. The summed E-state index contributed by atoms with van der Waals surface area (Å²) in [4.78, 5) is 11.2. The molecule has 3 rings (SSSR count). The van der Waals surface area contributed by atoms with Crippen LogP contribution in [0.5, 0.6) is 0 Å². The smallest absolute Gasteiger partial charge is 0.230 e. The number of alkyl halides is 1. The molecule has 0 aliphatic carbocycles. The van der Waals surface area contributed by atoms with Crippen LogP contribution in [0.15, 0.2) is 30.3 Å². The van der Waals surface area contributed by atoms with Crippen molar-refractivity contribution in [2.45, 2.75) is 19.2 Å². The molecule has 0 saturated carbocycles. The molecule has 1 aromatic carbocycles. The standard InChI is InChI=1S/C14H14ClN3/c1-10-8-12(9-15)17-14(16-10)18-7-6-11-4-2-3-5-13(11)18/h2-5,8H,6-7,9H2,1H3. The Morgan fingerprint density at radius 2 is 2.11 bits per heavy atom. The molecular weight excluding hydrogens is 246 g/mol. The molecule has 92 valence electrons. The lowest BCUT2D eigenvalue weighted by molar-refractivity contribution is 0.914. The van der Waals surface area contributed by atoms with Crippen LogP contribution in [0.2, 0.25) is 0 Å². The van der Waals surface area contributed by atoms with Gasteiger partial charge in [-0.1, -0.05) is 18.2 Å². The van der Waals surface area contributed by atoms with Crippen molar-refractivity contribution in [3.05, 3.63) is 47.3 Å². The van der Waals surface area contributed by atoms with Crippen LogP contribution in [-0.4, -0.2) is 16.5 Å². The van der Waals surface area contributed by atoms with Crippen molar-refractivity contribution in [3.63, 3.8) is 0 Å². The summed E-state index contributed by atoms with van der Waals surface area (Å²) < 4.78 is 0. The number of para-hydroxylation sites is 1. The first-order chi connectivity index (χ1) is 8.78. The molecular formula is C14H14ClN3. The number of fused-ring (bicyclic) bond motifs is 1. The van der Waals surface area contributed by atoms with Crippen LogP contribution in [0.1, 0.15) is 17.0 Å². The highest BCUT2D eigenvalue weighted by molar-refractivity contribution is 6.16. The molecule has 0 unspecified atom stereocenters. The topological polar surface area (TPSA) is 29.0 Å². The number of rotatable bonds is 2. The van der Waals surface area contributed by atoms with E-state index in [4.69, 9.17) is 11.6 Å². The minimum absolute atomic E-state index is 0.422. The largest absolute Gasteiger partial charge is 0.310 e. The van der Waals surface area contributed by atoms with E-state index < -0.39 is 0 Å². The van der Waals surface area contributed by atoms with Crippen molar-refractivity contribution >= 4 is 23.2 Å². The van der Waals surface area contributed by atoms with Crippen LogP contribution in [0.3, 0.4) is 0 Å². The van der Waals surface area contributed by atoms with Gasteiger partial charge in [-0.15, -0.1) is 11.6 Å². The highest BCUT2D eigenvalue weighted by atomic mass is 35.5. The monoisotopic (exact) mass is 259 g/mol. The van der Waals surface area contributed by atoms with Crippen LogP contribution >= 0.6 is 11.6 Å². The Kier molecular flexibility index (Phi) is 2.92. The summed E-state index contributed by atoms with van der Waals surface area (Å²) in [6, 6.07) is 10.3. The Balaban J connectivity index is 2.04. The van der Waals surface area contributed by atoms with E-state index in [-0.39, 0.29) is 0 Å². The summed E-state index contributed by atoms with van der Waals surface area (Å²) in [6.07, 6.45) is 1.05. The second-order valence-electron chi connectivity index (χ2n) is 4.46. The van der Waals surface area contributed by atoms with E-state index in [9.17, 15) is 0 Å². The third kappa shape index (κ3) is 1.95. The summed E-state index contributed by atoms with van der Waals surface area (Å²) in [5, 5.41) is 0. The number of aryl methyl sites for hydroxylation is 1. The molecule has 1 aliphatic heterocycles. The van der Waals surface area contributed by atoms with Gasteiger partial charge in [0.2, 0.25) is 5.95 Å². The lowest BCUT2D eigenvalue weighted by atomic mass is 10.2. The second-order valence-corrected chi connectivity index (χ2v) is 4.73. The first-order valence-electron chi connectivity index (χ1n) is 6.04. The number of anilines is 2. The van der Waals surface area contributed by atoms with E-state index in [1.165, 1.54) is 11.3 Å². The minimum Gasteiger partial charge on any atom is -0.310 e. The molecule has 0 radical (unpaired) electrons. The summed E-state index contributed by atoms with van der Waals surface area (Å²) >= 11 is 5.87. The molecule has 1 aromatic heterocycles. The molecule has 2 aromatic rings. The molecule has 2 heterocycles. The van der Waals surface area contributed by atoms with Crippen molar-refractivity contribution in [1.29, 1.82) is 0 Å². The van der Waals surface area contributed by atoms with Gasteiger partial charge in [0.1, 0.15) is 0 Å². The van der Waals surface area contributed by atoms with Crippen molar-refractivity contribution in [1.82, 2.24) is 9.97 Å². The zero-order valence-corrected chi connectivity index (χ0v) is 11.0. The maximum Gasteiger partial charge on any atom is 0.230 e. The average Bonchev–Trinajstić information content (AvgIpc) is 2.81. The molecule has 4 heteroatoms. The third-order valence-electron chi connectivity index (χ3n) is 3.16. The average molecular weight is 260 g/mol. The Hall–Kier alpha value is -1.61. The van der Waals surface area contributed by atoms with Gasteiger partial charge < -0.3 is 4.90 Å². The van der Waals surface area contributed by atoms with E-state index >= 15 is 0 Å². The van der Waals surface area contributed by atoms with Crippen LogP contribution in [0, 0.1) is 6.92 Å². The normalized spacial score (nSPS) is 13.8. The van der Waals surface area contributed by atoms with Crippen LogP contribution in [0.4, 0.5) is 11.6 Å². The zero-order chi connectivity index (χ0) is 12.5. The van der Waals surface area contributed by atoms with E-state index in [1.54, 1.807) is 0 Å². The molecule has 0 bridgehead atoms. The fourth-order valence-corrected chi connectivity index (χ4v) is 2.49. The summed E-state index contributed by atoms with van der Waals surface area (Å²) in [5.74, 6) is 1.18. The van der Waals surface area contributed by atoms with Gasteiger partial charge in [0.25, 0.3) is 0 Å². The molecule has 0 saturated heterocycles. The van der Waals surface area contributed by atoms with Gasteiger partial charge >= 0.3 is 0 Å². The molecule has 0 amide bonds. The van der Waals surface area contributed by atoms with E-state index in [1.807, 2.05) is 13.0 Å². The van der Waals surface area contributed by atoms with Crippen LogP contribution < -0.4 is 4.90 Å². The van der Waals surface area contributed by atoms with E-state index in [2.05, 4.69) is 39.1 Å². The van der Waals surface area contributed by atoms with Gasteiger partial charge in [0.05, 0.1) is 11.6 Å². The van der Waals surface area contributed by atoms with Gasteiger partial charge in [0.15, 0.2) is 0 Å². The molecule has 0 atom stereocenters. The summed E-state index contributed by atoms with van der Waals surface area (Å²) in [7, 11) is 0. The Labute approximate surface area is 111 Å². The Morgan fingerprint density at radius 1 is 1.28 bits per heavy atom. The van der Waals surface area contributed by atoms with Crippen molar-refractivity contribution in [3.8, 4) is 0 Å². The summed E-state index contributed by atoms with van der Waals surface area (Å²) in [6.45, 7) is 2.91. The first-order valence-corrected chi connectivity index (χ1v) is 6.57. The number of benzene rings is 1. The van der Waals surface area contributed by atoms with E-state index in [0.29, 0.717) is 5.88 Å². The second kappa shape index (κ2) is 4.58. The Morgan fingerprint density at radius 3 is 2.94 bits per heavy atom. The van der Waals surface area contributed by atoms with Gasteiger partial charge in [-0.05, 0) is 31.0 Å². The van der Waals surface area contributed by atoms with Crippen molar-refractivity contribution in [2.75, 3.05) is 11.4 Å². The SMILES string of the molecule is Cc1cc(CCl)nc(N2CCc3ccccc32)n1. The first kappa shape index (κ1) is 11.5. The van der Waals surface area contributed by atoms with Crippen LogP contribution in [0.25, 0.3) is 0 Å². The Bertz CT molecular complexity index is 583. The molecule has 0 spiro atoms. The predicted molar refractivity (Wildman–Crippen MR) is 73.5 cm³/mol. The van der Waals surface area contributed by atoms with E-state index in [0.717, 1.165) is 30.3 Å². The fourth-order valence-electron chi connectivity index (χ4n) is 2.35. The highest BCUT2D eigenvalue weighted by Crippen LogP contribution is 2.32. The quantitative estimate of drug-likeness (QED) is 0.776. The van der Waals surface area contributed by atoms with Gasteiger partial charge in [-0.3, -0.25) is 0 Å². The number of hydrogen-bond acceptors (Lipinski definition) is 3.